The Morgan fingerprint density at radius 1 is 1.36 bits per heavy atom. The molecule has 0 aliphatic carbocycles. The number of nitrogens with zero attached hydrogens (tertiary/aromatic N) is 3. The van der Waals surface area contributed by atoms with Gasteiger partial charge in [0.15, 0.2) is 5.96 Å². The molecule has 7 heteroatoms. The fourth-order valence-electron chi connectivity index (χ4n) is 2.85. The normalized spacial score (nSPS) is 15.7. The molecule has 0 spiro atoms. The topological polar surface area (TPSA) is 78.8 Å². The zero-order valence-electron chi connectivity index (χ0n) is 15.2. The first-order valence-corrected chi connectivity index (χ1v) is 8.88. The summed E-state index contributed by atoms with van der Waals surface area (Å²) in [5.74, 6) is 1.48. The number of rotatable bonds is 7. The van der Waals surface area contributed by atoms with Gasteiger partial charge in [-0.3, -0.25) is 14.8 Å². The summed E-state index contributed by atoms with van der Waals surface area (Å²) < 4.78 is 5.40. The lowest BCUT2D eigenvalue weighted by Gasteiger charge is -2.26. The van der Waals surface area contributed by atoms with Crippen LogP contribution in [0.3, 0.4) is 0 Å². The summed E-state index contributed by atoms with van der Waals surface area (Å²) in [6.07, 6.45) is 6.67. The Morgan fingerprint density at radius 3 is 2.80 bits per heavy atom. The first-order chi connectivity index (χ1) is 12.2. The van der Waals surface area contributed by atoms with E-state index in [-0.39, 0.29) is 5.91 Å². The Labute approximate surface area is 149 Å². The quantitative estimate of drug-likeness (QED) is 0.439. The number of carbonyl (C=O) groups excluding carboxylic acids is 1. The van der Waals surface area contributed by atoms with E-state index in [1.165, 1.54) is 0 Å². The highest BCUT2D eigenvalue weighted by Gasteiger charge is 2.15. The number of hydrogen-bond donors (Lipinski definition) is 2. The number of pyridine rings is 1. The number of hydrogen-bond acceptors (Lipinski definition) is 4. The Morgan fingerprint density at radius 2 is 2.12 bits per heavy atom. The van der Waals surface area contributed by atoms with Crippen LogP contribution < -0.4 is 10.6 Å². The van der Waals surface area contributed by atoms with Gasteiger partial charge in [-0.25, -0.2) is 0 Å². The molecule has 1 aromatic rings. The second kappa shape index (κ2) is 10.7. The average molecular weight is 347 g/mol. The van der Waals surface area contributed by atoms with Crippen molar-refractivity contribution in [3.8, 4) is 0 Å². The summed E-state index contributed by atoms with van der Waals surface area (Å²) >= 11 is 0. The van der Waals surface area contributed by atoms with E-state index < -0.39 is 0 Å². The van der Waals surface area contributed by atoms with E-state index in [1.54, 1.807) is 31.6 Å². The van der Waals surface area contributed by atoms with Crippen LogP contribution in [0.15, 0.2) is 29.5 Å². The maximum Gasteiger partial charge on any atom is 0.252 e. The van der Waals surface area contributed by atoms with Crippen LogP contribution in [-0.4, -0.2) is 68.7 Å². The predicted octanol–water partition coefficient (Wildman–Crippen LogP) is 1.14. The number of ether oxygens (including phenoxy) is 1. The summed E-state index contributed by atoms with van der Waals surface area (Å²) in [7, 11) is 3.82. The third kappa shape index (κ3) is 6.70. The van der Waals surface area contributed by atoms with Crippen LogP contribution in [0.4, 0.5) is 0 Å². The molecule has 1 aromatic heterocycles. The molecule has 2 heterocycles. The highest BCUT2D eigenvalue weighted by atomic mass is 16.5. The molecular formula is C18H29N5O2. The number of aliphatic imine (C=N–C) groups is 1. The van der Waals surface area contributed by atoms with E-state index in [2.05, 4.69) is 25.5 Å². The molecular weight excluding hydrogens is 318 g/mol. The van der Waals surface area contributed by atoms with Crippen molar-refractivity contribution in [1.82, 2.24) is 20.5 Å². The van der Waals surface area contributed by atoms with Crippen molar-refractivity contribution in [2.45, 2.75) is 19.3 Å². The van der Waals surface area contributed by atoms with Crippen molar-refractivity contribution in [3.63, 3.8) is 0 Å². The fraction of sp³-hybridized carbons (Fsp3) is 0.611. The smallest absolute Gasteiger partial charge is 0.252 e. The van der Waals surface area contributed by atoms with E-state index in [9.17, 15) is 4.79 Å². The van der Waals surface area contributed by atoms with Gasteiger partial charge in [0, 0.05) is 59.3 Å². The molecule has 0 saturated carbocycles. The summed E-state index contributed by atoms with van der Waals surface area (Å²) in [5, 5.41) is 6.16. The standard InChI is InChI=1S/C18H29N5O2/c1-19-18(23(2)11-5-15-6-12-25-13-7-15)22-10-9-21-17(24)16-4-3-8-20-14-16/h3-4,8,14-15H,5-7,9-13H2,1-2H3,(H,19,22)(H,21,24). The van der Waals surface area contributed by atoms with Crippen LogP contribution in [0.5, 0.6) is 0 Å². The summed E-state index contributed by atoms with van der Waals surface area (Å²) in [6.45, 7) is 3.89. The minimum absolute atomic E-state index is 0.113. The van der Waals surface area contributed by atoms with Gasteiger partial charge in [-0.15, -0.1) is 0 Å². The van der Waals surface area contributed by atoms with Crippen molar-refractivity contribution in [2.75, 3.05) is 46.9 Å². The lowest BCUT2D eigenvalue weighted by molar-refractivity contribution is 0.0625. The van der Waals surface area contributed by atoms with Crippen molar-refractivity contribution >= 4 is 11.9 Å². The number of nitrogens with one attached hydrogen (secondary N) is 2. The molecule has 0 bridgehead atoms. The molecule has 1 aliphatic heterocycles. The van der Waals surface area contributed by atoms with Gasteiger partial charge in [0.2, 0.25) is 0 Å². The van der Waals surface area contributed by atoms with Gasteiger partial charge in [-0.2, -0.15) is 0 Å². The maximum atomic E-state index is 11.9. The van der Waals surface area contributed by atoms with Gasteiger partial charge in [-0.05, 0) is 37.3 Å². The predicted molar refractivity (Wildman–Crippen MR) is 98.7 cm³/mol. The highest BCUT2D eigenvalue weighted by molar-refractivity contribution is 5.93. The molecule has 1 amide bonds. The molecule has 0 unspecified atom stereocenters. The van der Waals surface area contributed by atoms with Crippen molar-refractivity contribution in [3.05, 3.63) is 30.1 Å². The second-order valence-corrected chi connectivity index (χ2v) is 6.24. The molecule has 1 fully saturated rings. The SMILES string of the molecule is CN=C(NCCNC(=O)c1cccnc1)N(C)CCC1CCOCC1. The van der Waals surface area contributed by atoms with E-state index in [1.807, 2.05) is 7.05 Å². The molecule has 0 aromatic carbocycles. The Bertz CT molecular complexity index is 544. The van der Waals surface area contributed by atoms with E-state index in [0.717, 1.165) is 50.9 Å². The van der Waals surface area contributed by atoms with Gasteiger partial charge < -0.3 is 20.3 Å². The van der Waals surface area contributed by atoms with Gasteiger partial charge in [0.1, 0.15) is 0 Å². The average Bonchev–Trinajstić information content (AvgIpc) is 2.67. The fourth-order valence-corrected chi connectivity index (χ4v) is 2.85. The third-order valence-electron chi connectivity index (χ3n) is 4.40. The molecule has 138 valence electrons. The van der Waals surface area contributed by atoms with Crippen molar-refractivity contribution in [1.29, 1.82) is 0 Å². The number of guanidine groups is 1. The maximum absolute atomic E-state index is 11.9. The van der Waals surface area contributed by atoms with Crippen LogP contribution in [0.25, 0.3) is 0 Å². The van der Waals surface area contributed by atoms with Crippen LogP contribution in [-0.2, 0) is 4.74 Å². The van der Waals surface area contributed by atoms with Crippen LogP contribution in [0.1, 0.15) is 29.6 Å². The lowest BCUT2D eigenvalue weighted by Crippen LogP contribution is -2.43. The number of amides is 1. The highest BCUT2D eigenvalue weighted by Crippen LogP contribution is 2.18. The molecule has 0 radical (unpaired) electrons. The number of aromatic nitrogens is 1. The second-order valence-electron chi connectivity index (χ2n) is 6.24. The first-order valence-electron chi connectivity index (χ1n) is 8.88. The van der Waals surface area contributed by atoms with Crippen LogP contribution in [0, 0.1) is 5.92 Å². The lowest BCUT2D eigenvalue weighted by atomic mass is 9.96. The summed E-state index contributed by atoms with van der Waals surface area (Å²) in [5.41, 5.74) is 0.570. The zero-order chi connectivity index (χ0) is 17.9. The summed E-state index contributed by atoms with van der Waals surface area (Å²) in [4.78, 5) is 22.3. The summed E-state index contributed by atoms with van der Waals surface area (Å²) in [6, 6.07) is 3.50. The largest absolute Gasteiger partial charge is 0.381 e. The molecule has 2 rings (SSSR count). The minimum atomic E-state index is -0.113. The number of carbonyl (C=O) groups is 1. The van der Waals surface area contributed by atoms with Crippen molar-refractivity contribution in [2.24, 2.45) is 10.9 Å². The Hall–Kier alpha value is -2.15. The minimum Gasteiger partial charge on any atom is -0.381 e. The molecule has 0 atom stereocenters. The zero-order valence-corrected chi connectivity index (χ0v) is 15.2. The van der Waals surface area contributed by atoms with E-state index in [0.29, 0.717) is 18.7 Å². The van der Waals surface area contributed by atoms with Crippen LogP contribution in [0.2, 0.25) is 0 Å². The Kier molecular flexibility index (Phi) is 8.18. The van der Waals surface area contributed by atoms with Gasteiger partial charge in [-0.1, -0.05) is 0 Å². The third-order valence-corrected chi connectivity index (χ3v) is 4.40. The van der Waals surface area contributed by atoms with Gasteiger partial charge >= 0.3 is 0 Å². The van der Waals surface area contributed by atoms with Crippen molar-refractivity contribution < 1.29 is 9.53 Å². The van der Waals surface area contributed by atoms with E-state index in [4.69, 9.17) is 4.74 Å². The van der Waals surface area contributed by atoms with Crippen LogP contribution >= 0.6 is 0 Å². The monoisotopic (exact) mass is 347 g/mol. The molecule has 2 N–H and O–H groups in total. The molecule has 7 nitrogen and oxygen atoms in total. The molecule has 1 saturated heterocycles. The molecule has 25 heavy (non-hydrogen) atoms. The van der Waals surface area contributed by atoms with Gasteiger partial charge in [0.25, 0.3) is 5.91 Å². The first kappa shape index (κ1) is 19.2. The molecule has 1 aliphatic rings. The van der Waals surface area contributed by atoms with E-state index >= 15 is 0 Å². The Balaban J connectivity index is 1.64. The van der Waals surface area contributed by atoms with Gasteiger partial charge in [0.05, 0.1) is 5.56 Å².